The van der Waals surface area contributed by atoms with E-state index in [0.29, 0.717) is 11.5 Å². The smallest absolute Gasteiger partial charge is 0.0168 e. The average Bonchev–Trinajstić information content (AvgIpc) is 2.23. The molecule has 3 nitrogen and oxygen atoms in total. The maximum atomic E-state index is 6.05. The van der Waals surface area contributed by atoms with Gasteiger partial charge in [-0.25, -0.2) is 0 Å². The van der Waals surface area contributed by atoms with Gasteiger partial charge in [-0.2, -0.15) is 0 Å². The molecule has 0 aromatic carbocycles. The molecule has 0 radical (unpaired) electrons. The van der Waals surface area contributed by atoms with Crippen LogP contribution in [0.4, 0.5) is 0 Å². The molecule has 1 atom stereocenters. The third-order valence-electron chi connectivity index (χ3n) is 4.34. The Bertz CT molecular complexity index is 221. The lowest BCUT2D eigenvalue weighted by Gasteiger charge is -2.43. The Hall–Kier alpha value is -0.120. The Morgan fingerprint density at radius 1 is 1.25 bits per heavy atom. The number of piperidine rings is 2. The van der Waals surface area contributed by atoms with Gasteiger partial charge in [-0.1, -0.05) is 6.92 Å². The van der Waals surface area contributed by atoms with Crippen molar-refractivity contribution in [3.05, 3.63) is 0 Å². The lowest BCUT2D eigenvalue weighted by atomic mass is 9.79. The topological polar surface area (TPSA) is 32.5 Å². The van der Waals surface area contributed by atoms with Crippen LogP contribution in [-0.2, 0) is 0 Å². The molecular weight excluding hydrogens is 198 g/mol. The summed E-state index contributed by atoms with van der Waals surface area (Å²) in [5, 5.41) is 0. The van der Waals surface area contributed by atoms with Crippen molar-refractivity contribution in [3.63, 3.8) is 0 Å². The molecule has 0 aliphatic carbocycles. The second kappa shape index (κ2) is 5.03. The van der Waals surface area contributed by atoms with Crippen LogP contribution < -0.4 is 5.73 Å². The van der Waals surface area contributed by atoms with Gasteiger partial charge >= 0.3 is 0 Å². The quantitative estimate of drug-likeness (QED) is 0.765. The molecule has 2 saturated heterocycles. The highest BCUT2D eigenvalue weighted by molar-refractivity contribution is 4.86. The third kappa shape index (κ3) is 3.19. The fourth-order valence-corrected chi connectivity index (χ4v) is 3.09. The second-order valence-electron chi connectivity index (χ2n) is 6.25. The molecule has 1 unspecified atom stereocenters. The number of rotatable bonds is 2. The molecule has 16 heavy (non-hydrogen) atoms. The van der Waals surface area contributed by atoms with E-state index in [1.54, 1.807) is 0 Å². The van der Waals surface area contributed by atoms with E-state index < -0.39 is 0 Å². The summed E-state index contributed by atoms with van der Waals surface area (Å²) in [6.45, 7) is 8.62. The zero-order valence-electron chi connectivity index (χ0n) is 10.9. The summed E-state index contributed by atoms with van der Waals surface area (Å²) in [6.07, 6.45) is 5.19. The highest BCUT2D eigenvalue weighted by Crippen LogP contribution is 2.31. The molecule has 0 saturated carbocycles. The number of nitrogens with two attached hydrogens (primary N) is 1. The molecule has 94 valence electrons. The predicted molar refractivity (Wildman–Crippen MR) is 68.5 cm³/mol. The Kier molecular flexibility index (Phi) is 3.88. The number of hydrogen-bond donors (Lipinski definition) is 1. The molecule has 2 heterocycles. The van der Waals surface area contributed by atoms with E-state index >= 15 is 0 Å². The lowest BCUT2D eigenvalue weighted by Crippen LogP contribution is -2.49. The van der Waals surface area contributed by atoms with Crippen molar-refractivity contribution in [2.75, 3.05) is 39.8 Å². The van der Waals surface area contributed by atoms with Crippen LogP contribution in [-0.4, -0.2) is 55.6 Å². The highest BCUT2D eigenvalue weighted by atomic mass is 15.2. The van der Waals surface area contributed by atoms with Crippen molar-refractivity contribution in [2.45, 2.75) is 38.6 Å². The minimum atomic E-state index is 0.420. The minimum absolute atomic E-state index is 0.420. The fourth-order valence-electron chi connectivity index (χ4n) is 3.09. The summed E-state index contributed by atoms with van der Waals surface area (Å²) in [5.74, 6) is 0. The van der Waals surface area contributed by atoms with E-state index in [2.05, 4.69) is 23.8 Å². The van der Waals surface area contributed by atoms with Crippen LogP contribution in [0.25, 0.3) is 0 Å². The van der Waals surface area contributed by atoms with Gasteiger partial charge in [-0.05, 0) is 57.8 Å². The van der Waals surface area contributed by atoms with E-state index in [-0.39, 0.29) is 0 Å². The van der Waals surface area contributed by atoms with Gasteiger partial charge in [0.15, 0.2) is 0 Å². The first-order valence-corrected chi connectivity index (χ1v) is 6.74. The summed E-state index contributed by atoms with van der Waals surface area (Å²) in [5.41, 5.74) is 6.58. The van der Waals surface area contributed by atoms with Crippen molar-refractivity contribution in [2.24, 2.45) is 11.1 Å². The SMILES string of the molecule is CN1CCC(C)(CN2CCCC(N)C2)CC1. The second-order valence-corrected chi connectivity index (χ2v) is 6.25. The number of nitrogens with zero attached hydrogens (tertiary/aromatic N) is 2. The molecule has 2 N–H and O–H groups in total. The normalized spacial score (nSPS) is 32.8. The van der Waals surface area contributed by atoms with E-state index in [1.165, 1.54) is 51.9 Å². The van der Waals surface area contributed by atoms with Gasteiger partial charge in [-0.15, -0.1) is 0 Å². The zero-order chi connectivity index (χ0) is 11.6. The fraction of sp³-hybridized carbons (Fsp3) is 1.00. The molecular formula is C13H27N3. The van der Waals surface area contributed by atoms with Crippen molar-refractivity contribution in [1.82, 2.24) is 9.80 Å². The van der Waals surface area contributed by atoms with Crippen LogP contribution in [0.2, 0.25) is 0 Å². The molecule has 0 bridgehead atoms. The van der Waals surface area contributed by atoms with Crippen LogP contribution in [0, 0.1) is 5.41 Å². The number of hydrogen-bond acceptors (Lipinski definition) is 3. The summed E-state index contributed by atoms with van der Waals surface area (Å²) in [7, 11) is 2.23. The van der Waals surface area contributed by atoms with Gasteiger partial charge in [0.05, 0.1) is 0 Å². The van der Waals surface area contributed by atoms with Gasteiger partial charge < -0.3 is 15.5 Å². The molecule has 0 aromatic rings. The van der Waals surface area contributed by atoms with E-state index in [9.17, 15) is 0 Å². The first kappa shape index (κ1) is 12.3. The Morgan fingerprint density at radius 2 is 1.94 bits per heavy atom. The molecule has 0 aromatic heterocycles. The van der Waals surface area contributed by atoms with Crippen LogP contribution in [0.15, 0.2) is 0 Å². The maximum Gasteiger partial charge on any atom is 0.0168 e. The van der Waals surface area contributed by atoms with Crippen molar-refractivity contribution in [1.29, 1.82) is 0 Å². The van der Waals surface area contributed by atoms with E-state index in [4.69, 9.17) is 5.73 Å². The predicted octanol–water partition coefficient (Wildman–Crippen LogP) is 1.14. The molecule has 2 aliphatic rings. The largest absolute Gasteiger partial charge is 0.327 e. The summed E-state index contributed by atoms with van der Waals surface area (Å²) in [6, 6.07) is 0.420. The van der Waals surface area contributed by atoms with Crippen LogP contribution in [0.3, 0.4) is 0 Å². The Morgan fingerprint density at radius 3 is 2.56 bits per heavy atom. The monoisotopic (exact) mass is 225 g/mol. The molecule has 2 rings (SSSR count). The van der Waals surface area contributed by atoms with Gasteiger partial charge in [-0.3, -0.25) is 0 Å². The minimum Gasteiger partial charge on any atom is -0.327 e. The maximum absolute atomic E-state index is 6.05. The summed E-state index contributed by atoms with van der Waals surface area (Å²) < 4.78 is 0. The van der Waals surface area contributed by atoms with E-state index in [0.717, 1.165) is 6.54 Å². The summed E-state index contributed by atoms with van der Waals surface area (Å²) in [4.78, 5) is 5.04. The molecule has 2 fully saturated rings. The first-order chi connectivity index (χ1) is 7.57. The highest BCUT2D eigenvalue weighted by Gasteiger charge is 2.31. The first-order valence-electron chi connectivity index (χ1n) is 6.74. The molecule has 0 spiro atoms. The van der Waals surface area contributed by atoms with Crippen LogP contribution >= 0.6 is 0 Å². The third-order valence-corrected chi connectivity index (χ3v) is 4.34. The molecule has 2 aliphatic heterocycles. The lowest BCUT2D eigenvalue weighted by molar-refractivity contribution is 0.0733. The molecule has 0 amide bonds. The Labute approximate surface area is 100.0 Å². The average molecular weight is 225 g/mol. The van der Waals surface area contributed by atoms with Gasteiger partial charge in [0.25, 0.3) is 0 Å². The van der Waals surface area contributed by atoms with Crippen molar-refractivity contribution >= 4 is 0 Å². The number of likely N-dealkylation sites (tertiary alicyclic amines) is 2. The van der Waals surface area contributed by atoms with Gasteiger partial charge in [0.1, 0.15) is 0 Å². The van der Waals surface area contributed by atoms with Crippen molar-refractivity contribution in [3.8, 4) is 0 Å². The van der Waals surface area contributed by atoms with Crippen LogP contribution in [0.5, 0.6) is 0 Å². The molecule has 3 heteroatoms. The van der Waals surface area contributed by atoms with E-state index in [1.807, 2.05) is 0 Å². The van der Waals surface area contributed by atoms with Gasteiger partial charge in [0.2, 0.25) is 0 Å². The zero-order valence-corrected chi connectivity index (χ0v) is 10.9. The van der Waals surface area contributed by atoms with Crippen LogP contribution in [0.1, 0.15) is 32.6 Å². The Balaban J connectivity index is 1.83. The van der Waals surface area contributed by atoms with Gasteiger partial charge in [0, 0.05) is 19.1 Å². The standard InChI is InChI=1S/C13H27N3/c1-13(5-8-15(2)9-6-13)11-16-7-3-4-12(14)10-16/h12H,3-11,14H2,1-2H3. The summed E-state index contributed by atoms with van der Waals surface area (Å²) >= 11 is 0. The van der Waals surface area contributed by atoms with Crippen molar-refractivity contribution < 1.29 is 0 Å².